The van der Waals surface area contributed by atoms with Crippen LogP contribution >= 0.6 is 0 Å². The van der Waals surface area contributed by atoms with Gasteiger partial charge in [-0.3, -0.25) is 19.4 Å². The van der Waals surface area contributed by atoms with Gasteiger partial charge in [-0.05, 0) is 53.1 Å². The molecular formula is C23H16F3N3O3. The SMILES string of the molecule is O=C(NO)c1ccc2ncn(Cc3cccc(-c4cccc(C(F)(F)F)c4)c3)c(=O)c2c1. The summed E-state index contributed by atoms with van der Waals surface area (Å²) in [5.41, 5.74) is 2.55. The minimum absolute atomic E-state index is 0.100. The van der Waals surface area contributed by atoms with Gasteiger partial charge in [0.2, 0.25) is 0 Å². The monoisotopic (exact) mass is 439 g/mol. The van der Waals surface area contributed by atoms with Crippen LogP contribution in [0.25, 0.3) is 22.0 Å². The lowest BCUT2D eigenvalue weighted by Gasteiger charge is -2.11. The summed E-state index contributed by atoms with van der Waals surface area (Å²) in [7, 11) is 0. The molecule has 0 radical (unpaired) electrons. The van der Waals surface area contributed by atoms with Gasteiger partial charge in [0.15, 0.2) is 0 Å². The highest BCUT2D eigenvalue weighted by atomic mass is 19.4. The van der Waals surface area contributed by atoms with Gasteiger partial charge in [-0.1, -0.05) is 30.3 Å². The highest BCUT2D eigenvalue weighted by molar-refractivity contribution is 5.97. The second kappa shape index (κ2) is 8.27. The molecule has 0 aliphatic heterocycles. The first-order chi connectivity index (χ1) is 15.3. The van der Waals surface area contributed by atoms with Gasteiger partial charge >= 0.3 is 6.18 Å². The third kappa shape index (κ3) is 4.23. The van der Waals surface area contributed by atoms with Crippen molar-refractivity contribution in [3.05, 3.63) is 100 Å². The van der Waals surface area contributed by atoms with Crippen LogP contribution in [0.3, 0.4) is 0 Å². The van der Waals surface area contributed by atoms with Gasteiger partial charge in [-0.2, -0.15) is 13.2 Å². The molecule has 4 rings (SSSR count). The Bertz CT molecular complexity index is 1380. The van der Waals surface area contributed by atoms with Crippen molar-refractivity contribution in [3.8, 4) is 11.1 Å². The third-order valence-electron chi connectivity index (χ3n) is 4.99. The van der Waals surface area contributed by atoms with E-state index in [1.807, 2.05) is 0 Å². The smallest absolute Gasteiger partial charge is 0.294 e. The van der Waals surface area contributed by atoms with E-state index in [1.54, 1.807) is 30.3 Å². The number of hydroxylamine groups is 1. The summed E-state index contributed by atoms with van der Waals surface area (Å²) in [5, 5.41) is 9.00. The lowest BCUT2D eigenvalue weighted by atomic mass is 10.0. The van der Waals surface area contributed by atoms with Crippen molar-refractivity contribution in [2.45, 2.75) is 12.7 Å². The number of aromatic nitrogens is 2. The van der Waals surface area contributed by atoms with Crippen LogP contribution < -0.4 is 11.0 Å². The van der Waals surface area contributed by atoms with Crippen LogP contribution in [0.5, 0.6) is 0 Å². The Balaban J connectivity index is 1.69. The second-order valence-electron chi connectivity index (χ2n) is 7.13. The highest BCUT2D eigenvalue weighted by Crippen LogP contribution is 2.32. The molecule has 0 unspecified atom stereocenters. The second-order valence-corrected chi connectivity index (χ2v) is 7.13. The molecule has 0 aliphatic carbocycles. The van der Waals surface area contributed by atoms with Crippen molar-refractivity contribution < 1.29 is 23.2 Å². The standard InChI is InChI=1S/C23H16F3N3O3/c24-23(25,26)18-6-2-5-16(10-18)15-4-1-3-14(9-15)12-29-13-27-20-8-7-17(21(30)28-32)11-19(20)22(29)31/h1-11,13,32H,12H2,(H,28,30). The number of benzene rings is 3. The van der Waals surface area contributed by atoms with E-state index in [-0.39, 0.29) is 17.5 Å². The molecule has 0 bridgehead atoms. The molecule has 3 aromatic carbocycles. The maximum absolute atomic E-state index is 13.0. The predicted octanol–water partition coefficient (Wildman–Crippen LogP) is 4.25. The van der Waals surface area contributed by atoms with Crippen molar-refractivity contribution in [3.63, 3.8) is 0 Å². The predicted molar refractivity (Wildman–Crippen MR) is 111 cm³/mol. The Kier molecular flexibility index (Phi) is 5.50. The minimum atomic E-state index is -4.44. The fraction of sp³-hybridized carbons (Fsp3) is 0.0870. The number of fused-ring (bicyclic) bond motifs is 1. The molecule has 2 N–H and O–H groups in total. The van der Waals surface area contributed by atoms with E-state index in [0.717, 1.165) is 12.1 Å². The van der Waals surface area contributed by atoms with E-state index < -0.39 is 23.2 Å². The van der Waals surface area contributed by atoms with E-state index in [1.165, 1.54) is 40.6 Å². The number of rotatable bonds is 4. The Labute approximate surface area is 179 Å². The first-order valence-corrected chi connectivity index (χ1v) is 9.46. The molecule has 1 amide bonds. The average Bonchev–Trinajstić information content (AvgIpc) is 2.80. The fourth-order valence-electron chi connectivity index (χ4n) is 3.40. The molecule has 0 saturated carbocycles. The molecule has 0 spiro atoms. The summed E-state index contributed by atoms with van der Waals surface area (Å²) in [4.78, 5) is 28.8. The Morgan fingerprint density at radius 2 is 1.72 bits per heavy atom. The van der Waals surface area contributed by atoms with Crippen LogP contribution in [-0.2, 0) is 12.7 Å². The number of nitrogens with one attached hydrogen (secondary N) is 1. The van der Waals surface area contributed by atoms with Crippen LogP contribution in [0, 0.1) is 0 Å². The first kappa shape index (κ1) is 21.3. The summed E-state index contributed by atoms with van der Waals surface area (Å²) in [6, 6.07) is 16.2. The molecule has 0 saturated heterocycles. The normalized spacial score (nSPS) is 11.5. The summed E-state index contributed by atoms with van der Waals surface area (Å²) in [6.07, 6.45) is -3.07. The summed E-state index contributed by atoms with van der Waals surface area (Å²) >= 11 is 0. The number of carbonyl (C=O) groups excluding carboxylic acids is 1. The number of nitrogens with zero attached hydrogens (tertiary/aromatic N) is 2. The molecule has 4 aromatic rings. The Morgan fingerprint density at radius 3 is 2.44 bits per heavy atom. The number of alkyl halides is 3. The number of hydrogen-bond acceptors (Lipinski definition) is 4. The average molecular weight is 439 g/mol. The zero-order chi connectivity index (χ0) is 22.9. The van der Waals surface area contributed by atoms with Gasteiger partial charge in [-0.25, -0.2) is 10.5 Å². The van der Waals surface area contributed by atoms with E-state index in [9.17, 15) is 22.8 Å². The van der Waals surface area contributed by atoms with Gasteiger partial charge in [0.25, 0.3) is 11.5 Å². The maximum Gasteiger partial charge on any atom is 0.416 e. The lowest BCUT2D eigenvalue weighted by molar-refractivity contribution is -0.137. The minimum Gasteiger partial charge on any atom is -0.294 e. The molecule has 6 nitrogen and oxygen atoms in total. The van der Waals surface area contributed by atoms with E-state index >= 15 is 0 Å². The molecular weight excluding hydrogens is 423 g/mol. The van der Waals surface area contributed by atoms with Crippen LogP contribution in [0.1, 0.15) is 21.5 Å². The van der Waals surface area contributed by atoms with Crippen molar-refractivity contribution in [1.29, 1.82) is 0 Å². The third-order valence-corrected chi connectivity index (χ3v) is 4.99. The summed E-state index contributed by atoms with van der Waals surface area (Å²) in [6.45, 7) is 0.130. The van der Waals surface area contributed by atoms with Crippen LogP contribution in [0.15, 0.2) is 77.9 Å². The van der Waals surface area contributed by atoms with Crippen LogP contribution in [0.2, 0.25) is 0 Å². The van der Waals surface area contributed by atoms with Gasteiger partial charge in [-0.15, -0.1) is 0 Å². The largest absolute Gasteiger partial charge is 0.416 e. The number of carbonyl (C=O) groups is 1. The highest BCUT2D eigenvalue weighted by Gasteiger charge is 2.30. The van der Waals surface area contributed by atoms with Crippen molar-refractivity contribution >= 4 is 16.8 Å². The zero-order valence-corrected chi connectivity index (χ0v) is 16.4. The molecule has 1 heterocycles. The van der Waals surface area contributed by atoms with Crippen molar-refractivity contribution in [1.82, 2.24) is 15.0 Å². The number of hydrogen-bond donors (Lipinski definition) is 2. The van der Waals surface area contributed by atoms with Gasteiger partial charge in [0, 0.05) is 5.56 Å². The van der Waals surface area contributed by atoms with Gasteiger partial charge < -0.3 is 0 Å². The first-order valence-electron chi connectivity index (χ1n) is 9.46. The zero-order valence-electron chi connectivity index (χ0n) is 16.4. The maximum atomic E-state index is 13.0. The Hall–Kier alpha value is -3.98. The molecule has 0 fully saturated rings. The quantitative estimate of drug-likeness (QED) is 0.368. The summed E-state index contributed by atoms with van der Waals surface area (Å²) in [5.74, 6) is -0.754. The molecule has 162 valence electrons. The van der Waals surface area contributed by atoms with Crippen molar-refractivity contribution in [2.75, 3.05) is 0 Å². The topological polar surface area (TPSA) is 84.2 Å². The van der Waals surface area contributed by atoms with Crippen molar-refractivity contribution in [2.24, 2.45) is 0 Å². The number of amides is 1. The number of halogens is 3. The molecule has 0 atom stereocenters. The Morgan fingerprint density at radius 1 is 1.00 bits per heavy atom. The van der Waals surface area contributed by atoms with E-state index in [2.05, 4.69) is 4.98 Å². The van der Waals surface area contributed by atoms with Gasteiger partial charge in [0.1, 0.15) is 0 Å². The molecule has 9 heteroatoms. The molecule has 32 heavy (non-hydrogen) atoms. The van der Waals surface area contributed by atoms with Crippen LogP contribution in [0.4, 0.5) is 13.2 Å². The van der Waals surface area contributed by atoms with E-state index in [0.29, 0.717) is 22.2 Å². The van der Waals surface area contributed by atoms with Gasteiger partial charge in [0.05, 0.1) is 29.3 Å². The molecule has 0 aliphatic rings. The van der Waals surface area contributed by atoms with Crippen LogP contribution in [-0.4, -0.2) is 20.7 Å². The molecule has 1 aromatic heterocycles. The fourth-order valence-corrected chi connectivity index (χ4v) is 3.40. The van der Waals surface area contributed by atoms with E-state index in [4.69, 9.17) is 5.21 Å². The summed E-state index contributed by atoms with van der Waals surface area (Å²) < 4.78 is 40.5. The lowest BCUT2D eigenvalue weighted by Crippen LogP contribution is -2.23.